The largest absolute Gasteiger partial charge is 0.347 e. The van der Waals surface area contributed by atoms with Crippen molar-refractivity contribution in [2.45, 2.75) is 20.4 Å². The van der Waals surface area contributed by atoms with Gasteiger partial charge in [-0.15, -0.1) is 0 Å². The predicted molar refractivity (Wildman–Crippen MR) is 117 cm³/mol. The molecule has 0 aliphatic rings. The first-order valence-corrected chi connectivity index (χ1v) is 9.71. The van der Waals surface area contributed by atoms with Crippen molar-refractivity contribution in [3.05, 3.63) is 101 Å². The molecule has 150 valence electrons. The number of pyridine rings is 1. The van der Waals surface area contributed by atoms with E-state index in [1.165, 1.54) is 0 Å². The van der Waals surface area contributed by atoms with Crippen molar-refractivity contribution in [1.82, 2.24) is 14.7 Å². The number of carbonyl (C=O) groups is 2. The van der Waals surface area contributed by atoms with Gasteiger partial charge in [-0.25, -0.2) is 4.98 Å². The SMILES string of the molecule is Cc1cccc(NC(=O)c2nc(C(=O)NCc3ccccc3C)c3ccccn23)c1. The van der Waals surface area contributed by atoms with Gasteiger partial charge in [0.2, 0.25) is 5.82 Å². The van der Waals surface area contributed by atoms with E-state index in [0.717, 1.165) is 16.7 Å². The second-order valence-electron chi connectivity index (χ2n) is 7.17. The van der Waals surface area contributed by atoms with Gasteiger partial charge in [0, 0.05) is 18.4 Å². The smallest absolute Gasteiger partial charge is 0.292 e. The summed E-state index contributed by atoms with van der Waals surface area (Å²) < 4.78 is 1.63. The zero-order valence-corrected chi connectivity index (χ0v) is 16.8. The van der Waals surface area contributed by atoms with Gasteiger partial charge in [0.1, 0.15) is 0 Å². The van der Waals surface area contributed by atoms with E-state index < -0.39 is 0 Å². The van der Waals surface area contributed by atoms with E-state index in [2.05, 4.69) is 15.6 Å². The molecule has 0 unspecified atom stereocenters. The third-order valence-corrected chi connectivity index (χ3v) is 4.94. The molecule has 2 aromatic heterocycles. The average molecular weight is 398 g/mol. The fraction of sp³-hybridized carbons (Fsp3) is 0.125. The zero-order chi connectivity index (χ0) is 21.1. The van der Waals surface area contributed by atoms with Crippen molar-refractivity contribution in [2.24, 2.45) is 0 Å². The molecular formula is C24H22N4O2. The highest BCUT2D eigenvalue weighted by atomic mass is 16.2. The molecular weight excluding hydrogens is 376 g/mol. The van der Waals surface area contributed by atoms with Crippen LogP contribution in [0, 0.1) is 13.8 Å². The van der Waals surface area contributed by atoms with Gasteiger partial charge in [0.15, 0.2) is 5.69 Å². The highest BCUT2D eigenvalue weighted by Crippen LogP contribution is 2.16. The van der Waals surface area contributed by atoms with E-state index in [1.54, 1.807) is 22.7 Å². The normalized spacial score (nSPS) is 10.7. The van der Waals surface area contributed by atoms with Gasteiger partial charge in [0.25, 0.3) is 11.8 Å². The van der Waals surface area contributed by atoms with E-state index in [4.69, 9.17) is 0 Å². The summed E-state index contributed by atoms with van der Waals surface area (Å²) in [7, 11) is 0. The lowest BCUT2D eigenvalue weighted by Gasteiger charge is -2.06. The minimum absolute atomic E-state index is 0.160. The number of aromatic nitrogens is 2. The van der Waals surface area contributed by atoms with Crippen LogP contribution in [0.25, 0.3) is 5.52 Å². The summed E-state index contributed by atoms with van der Waals surface area (Å²) in [6.07, 6.45) is 1.73. The minimum Gasteiger partial charge on any atom is -0.347 e. The van der Waals surface area contributed by atoms with Crippen LogP contribution >= 0.6 is 0 Å². The third kappa shape index (κ3) is 3.93. The molecule has 0 radical (unpaired) electrons. The second kappa shape index (κ2) is 8.21. The maximum absolute atomic E-state index is 12.9. The maximum atomic E-state index is 12.9. The highest BCUT2D eigenvalue weighted by Gasteiger charge is 2.21. The Balaban J connectivity index is 1.61. The molecule has 30 heavy (non-hydrogen) atoms. The molecule has 6 nitrogen and oxygen atoms in total. The quantitative estimate of drug-likeness (QED) is 0.531. The fourth-order valence-corrected chi connectivity index (χ4v) is 3.34. The third-order valence-electron chi connectivity index (χ3n) is 4.94. The molecule has 0 atom stereocenters. The van der Waals surface area contributed by atoms with Crippen LogP contribution in [-0.2, 0) is 6.54 Å². The molecule has 2 N–H and O–H groups in total. The van der Waals surface area contributed by atoms with Gasteiger partial charge in [-0.3, -0.25) is 14.0 Å². The van der Waals surface area contributed by atoms with Crippen molar-refractivity contribution in [2.75, 3.05) is 5.32 Å². The van der Waals surface area contributed by atoms with Gasteiger partial charge in [0.05, 0.1) is 5.52 Å². The molecule has 0 spiro atoms. The fourth-order valence-electron chi connectivity index (χ4n) is 3.34. The van der Waals surface area contributed by atoms with Crippen molar-refractivity contribution in [1.29, 1.82) is 0 Å². The van der Waals surface area contributed by atoms with Crippen LogP contribution < -0.4 is 10.6 Å². The summed E-state index contributed by atoms with van der Waals surface area (Å²) in [4.78, 5) is 30.1. The predicted octanol–water partition coefficient (Wildman–Crippen LogP) is 4.13. The summed E-state index contributed by atoms with van der Waals surface area (Å²) in [6.45, 7) is 4.35. The summed E-state index contributed by atoms with van der Waals surface area (Å²) in [5, 5.41) is 5.77. The molecule has 0 bridgehead atoms. The topological polar surface area (TPSA) is 75.5 Å². The van der Waals surface area contributed by atoms with Crippen molar-refractivity contribution >= 4 is 23.0 Å². The van der Waals surface area contributed by atoms with Crippen LogP contribution in [0.3, 0.4) is 0 Å². The van der Waals surface area contributed by atoms with Gasteiger partial charge in [-0.2, -0.15) is 0 Å². The summed E-state index contributed by atoms with van der Waals surface area (Å²) in [5.74, 6) is -0.538. The summed E-state index contributed by atoms with van der Waals surface area (Å²) in [6, 6.07) is 20.8. The molecule has 0 saturated heterocycles. The molecule has 6 heteroatoms. The molecule has 4 aromatic rings. The molecule has 2 heterocycles. The Labute approximate surface area is 174 Å². The van der Waals surface area contributed by atoms with Crippen molar-refractivity contribution in [3.63, 3.8) is 0 Å². The van der Waals surface area contributed by atoms with Gasteiger partial charge >= 0.3 is 0 Å². The zero-order valence-electron chi connectivity index (χ0n) is 16.8. The average Bonchev–Trinajstić information content (AvgIpc) is 3.13. The Morgan fingerprint density at radius 2 is 1.73 bits per heavy atom. The number of carbonyl (C=O) groups excluding carboxylic acids is 2. The van der Waals surface area contributed by atoms with E-state index in [0.29, 0.717) is 17.7 Å². The summed E-state index contributed by atoms with van der Waals surface area (Å²) in [5.41, 5.74) is 4.65. The number of hydrogen-bond acceptors (Lipinski definition) is 3. The van der Waals surface area contributed by atoms with Crippen LogP contribution in [0.15, 0.2) is 72.9 Å². The number of nitrogens with zero attached hydrogens (tertiary/aromatic N) is 2. The van der Waals surface area contributed by atoms with Crippen molar-refractivity contribution < 1.29 is 9.59 Å². The Kier molecular flexibility index (Phi) is 5.30. The van der Waals surface area contributed by atoms with Crippen molar-refractivity contribution in [3.8, 4) is 0 Å². The second-order valence-corrected chi connectivity index (χ2v) is 7.17. The number of aryl methyl sites for hydroxylation is 2. The maximum Gasteiger partial charge on any atom is 0.292 e. The first-order chi connectivity index (χ1) is 14.5. The number of amides is 2. The van der Waals surface area contributed by atoms with E-state index in [-0.39, 0.29) is 23.3 Å². The van der Waals surface area contributed by atoms with Gasteiger partial charge in [-0.05, 0) is 54.8 Å². The van der Waals surface area contributed by atoms with Crippen LogP contribution in [0.1, 0.15) is 37.8 Å². The number of fused-ring (bicyclic) bond motifs is 1. The number of imidazole rings is 1. The van der Waals surface area contributed by atoms with Crippen LogP contribution in [0.5, 0.6) is 0 Å². The van der Waals surface area contributed by atoms with E-state index in [1.807, 2.05) is 68.4 Å². The number of anilines is 1. The first-order valence-electron chi connectivity index (χ1n) is 9.71. The van der Waals surface area contributed by atoms with Crippen LogP contribution in [0.2, 0.25) is 0 Å². The van der Waals surface area contributed by atoms with Gasteiger partial charge in [-0.1, -0.05) is 42.5 Å². The molecule has 0 aliphatic carbocycles. The molecule has 0 aliphatic heterocycles. The lowest BCUT2D eigenvalue weighted by atomic mass is 10.1. The molecule has 0 fully saturated rings. The molecule has 2 amide bonds. The lowest BCUT2D eigenvalue weighted by molar-refractivity contribution is 0.0948. The highest BCUT2D eigenvalue weighted by molar-refractivity contribution is 6.06. The van der Waals surface area contributed by atoms with E-state index in [9.17, 15) is 9.59 Å². The Morgan fingerprint density at radius 3 is 2.53 bits per heavy atom. The number of rotatable bonds is 5. The minimum atomic E-state index is -0.375. The number of hydrogen-bond donors (Lipinski definition) is 2. The first kappa shape index (κ1) is 19.4. The monoisotopic (exact) mass is 398 g/mol. The van der Waals surface area contributed by atoms with Crippen LogP contribution in [0.4, 0.5) is 5.69 Å². The molecule has 4 rings (SSSR count). The Hall–Kier alpha value is -3.93. The lowest BCUT2D eigenvalue weighted by Crippen LogP contribution is -2.24. The Bertz CT molecular complexity index is 1240. The molecule has 2 aromatic carbocycles. The number of nitrogens with one attached hydrogen (secondary N) is 2. The number of benzene rings is 2. The summed E-state index contributed by atoms with van der Waals surface area (Å²) >= 11 is 0. The Morgan fingerprint density at radius 1 is 0.933 bits per heavy atom. The van der Waals surface area contributed by atoms with E-state index >= 15 is 0 Å². The molecule has 0 saturated carbocycles. The standard InChI is InChI=1S/C24H22N4O2/c1-16-8-7-11-19(14-16)26-24(30)22-27-21(20-12-5-6-13-28(20)22)23(29)25-15-18-10-4-3-9-17(18)2/h3-14H,15H2,1-2H3,(H,25,29)(H,26,30). The van der Waals surface area contributed by atoms with Crippen LogP contribution in [-0.4, -0.2) is 21.2 Å². The van der Waals surface area contributed by atoms with Gasteiger partial charge < -0.3 is 10.6 Å².